The fourth-order valence-corrected chi connectivity index (χ4v) is 2.68. The van der Waals surface area contributed by atoms with Crippen molar-refractivity contribution in [3.05, 3.63) is 52.1 Å². The maximum atomic E-state index is 13.9. The van der Waals surface area contributed by atoms with Crippen LogP contribution in [0, 0.1) is 5.82 Å². The van der Waals surface area contributed by atoms with Gasteiger partial charge in [-0.2, -0.15) is 5.10 Å². The van der Waals surface area contributed by atoms with E-state index in [0.717, 1.165) is 24.2 Å². The Bertz CT molecular complexity index is 589. The van der Waals surface area contributed by atoms with Crippen molar-refractivity contribution in [2.45, 2.75) is 32.2 Å². The summed E-state index contributed by atoms with van der Waals surface area (Å²) in [6, 6.07) is 7.02. The number of nitrogens with zero attached hydrogens (tertiary/aromatic N) is 2. The van der Waals surface area contributed by atoms with Crippen molar-refractivity contribution < 1.29 is 4.39 Å². The summed E-state index contributed by atoms with van der Waals surface area (Å²) in [6.45, 7) is 2.08. The fraction of sp³-hybridized carbons (Fsp3) is 0.438. The summed E-state index contributed by atoms with van der Waals surface area (Å²) >= 11 is 6.11. The Morgan fingerprint density at radius 2 is 2.14 bits per heavy atom. The lowest BCUT2D eigenvalue weighted by Crippen LogP contribution is -2.31. The molecule has 0 bridgehead atoms. The minimum Gasteiger partial charge on any atom is -0.316 e. The largest absolute Gasteiger partial charge is 0.316 e. The average molecular weight is 310 g/mol. The summed E-state index contributed by atoms with van der Waals surface area (Å²) in [5.41, 5.74) is 2.78. The van der Waals surface area contributed by atoms with Crippen LogP contribution in [0.2, 0.25) is 5.02 Å². The lowest BCUT2D eigenvalue weighted by Gasteiger charge is -2.17. The van der Waals surface area contributed by atoms with E-state index in [1.807, 2.05) is 18.8 Å². The molecular formula is C16H21ClFN3. The van der Waals surface area contributed by atoms with Crippen molar-refractivity contribution in [3.63, 3.8) is 0 Å². The maximum absolute atomic E-state index is 13.9. The van der Waals surface area contributed by atoms with Gasteiger partial charge in [0, 0.05) is 35.8 Å². The third kappa shape index (κ3) is 3.83. The lowest BCUT2D eigenvalue weighted by molar-refractivity contribution is 0.516. The second-order valence-corrected chi connectivity index (χ2v) is 5.61. The number of halogens is 2. The van der Waals surface area contributed by atoms with Crippen LogP contribution in [0.15, 0.2) is 24.3 Å². The van der Waals surface area contributed by atoms with Gasteiger partial charge in [-0.1, -0.05) is 24.6 Å². The minimum atomic E-state index is -0.248. The van der Waals surface area contributed by atoms with Crippen LogP contribution in [0.4, 0.5) is 4.39 Å². The number of likely N-dealkylation sites (N-methyl/N-ethyl adjacent to an activating group) is 1. The van der Waals surface area contributed by atoms with E-state index in [1.165, 1.54) is 6.07 Å². The standard InChI is InChI=1S/C16H21ClFN3/c1-4-11-8-13(21(3)20-11)9-12(19-2)10-14-15(17)6-5-7-16(14)18/h5-8,12,19H,4,9-10H2,1-3H3. The molecular weight excluding hydrogens is 289 g/mol. The van der Waals surface area contributed by atoms with Gasteiger partial charge in [0.2, 0.25) is 0 Å². The van der Waals surface area contributed by atoms with Gasteiger partial charge < -0.3 is 5.32 Å². The molecule has 1 aromatic heterocycles. The van der Waals surface area contributed by atoms with Crippen molar-refractivity contribution in [1.29, 1.82) is 0 Å². The Kier molecular flexibility index (Phi) is 5.37. The number of benzene rings is 1. The van der Waals surface area contributed by atoms with Crippen molar-refractivity contribution >= 4 is 11.6 Å². The maximum Gasteiger partial charge on any atom is 0.127 e. The highest BCUT2D eigenvalue weighted by molar-refractivity contribution is 6.31. The predicted molar refractivity (Wildman–Crippen MR) is 84.3 cm³/mol. The minimum absolute atomic E-state index is 0.111. The normalized spacial score (nSPS) is 12.6. The predicted octanol–water partition coefficient (Wildman–Crippen LogP) is 3.15. The molecule has 1 unspecified atom stereocenters. The van der Waals surface area contributed by atoms with E-state index in [0.29, 0.717) is 17.0 Å². The molecule has 0 aliphatic rings. The summed E-state index contributed by atoms with van der Waals surface area (Å²) < 4.78 is 15.8. The van der Waals surface area contributed by atoms with Gasteiger partial charge in [-0.15, -0.1) is 0 Å². The Morgan fingerprint density at radius 3 is 2.71 bits per heavy atom. The molecule has 114 valence electrons. The first-order valence-electron chi connectivity index (χ1n) is 7.17. The van der Waals surface area contributed by atoms with Crippen molar-refractivity contribution in [2.24, 2.45) is 7.05 Å². The Labute approximate surface area is 130 Å². The molecule has 0 aliphatic carbocycles. The van der Waals surface area contributed by atoms with E-state index < -0.39 is 0 Å². The highest BCUT2D eigenvalue weighted by Gasteiger charge is 2.16. The van der Waals surface area contributed by atoms with Crippen molar-refractivity contribution in [3.8, 4) is 0 Å². The molecule has 0 spiro atoms. The van der Waals surface area contributed by atoms with Crippen LogP contribution in [0.25, 0.3) is 0 Å². The molecule has 0 radical (unpaired) electrons. The van der Waals surface area contributed by atoms with Crippen LogP contribution in [0.3, 0.4) is 0 Å². The van der Waals surface area contributed by atoms with E-state index in [4.69, 9.17) is 11.6 Å². The molecule has 1 N–H and O–H groups in total. The summed E-state index contributed by atoms with van der Waals surface area (Å²) in [5, 5.41) is 8.17. The van der Waals surface area contributed by atoms with Gasteiger partial charge in [0.1, 0.15) is 5.82 Å². The number of hydrogen-bond acceptors (Lipinski definition) is 2. The molecule has 0 saturated carbocycles. The molecule has 1 aromatic carbocycles. The van der Waals surface area contributed by atoms with E-state index in [1.54, 1.807) is 12.1 Å². The van der Waals surface area contributed by atoms with Crippen molar-refractivity contribution in [1.82, 2.24) is 15.1 Å². The van der Waals surface area contributed by atoms with Crippen LogP contribution >= 0.6 is 11.6 Å². The first-order chi connectivity index (χ1) is 10.0. The Hall–Kier alpha value is -1.39. The van der Waals surface area contributed by atoms with E-state index in [2.05, 4.69) is 23.4 Å². The number of hydrogen-bond donors (Lipinski definition) is 1. The number of nitrogens with one attached hydrogen (secondary N) is 1. The molecule has 2 rings (SSSR count). The summed E-state index contributed by atoms with van der Waals surface area (Å²) in [5.74, 6) is -0.248. The summed E-state index contributed by atoms with van der Waals surface area (Å²) in [7, 11) is 3.83. The van der Waals surface area contributed by atoms with Crippen LogP contribution in [0.1, 0.15) is 23.9 Å². The highest BCUT2D eigenvalue weighted by atomic mass is 35.5. The zero-order chi connectivity index (χ0) is 15.4. The van der Waals surface area contributed by atoms with Crippen LogP contribution in [-0.4, -0.2) is 22.9 Å². The Balaban J connectivity index is 2.15. The average Bonchev–Trinajstić information content (AvgIpc) is 2.82. The van der Waals surface area contributed by atoms with E-state index in [9.17, 15) is 4.39 Å². The molecule has 0 aliphatic heterocycles. The number of aromatic nitrogens is 2. The van der Waals surface area contributed by atoms with Crippen LogP contribution in [0.5, 0.6) is 0 Å². The van der Waals surface area contributed by atoms with Crippen LogP contribution in [-0.2, 0) is 26.3 Å². The molecule has 1 heterocycles. The monoisotopic (exact) mass is 309 g/mol. The molecule has 3 nitrogen and oxygen atoms in total. The SMILES string of the molecule is CCc1cc(CC(Cc2c(F)cccc2Cl)NC)n(C)n1. The number of aryl methyl sites for hydroxylation is 2. The summed E-state index contributed by atoms with van der Waals surface area (Å²) in [6.07, 6.45) is 2.25. The first-order valence-corrected chi connectivity index (χ1v) is 7.54. The van der Waals surface area contributed by atoms with Crippen molar-refractivity contribution in [2.75, 3.05) is 7.05 Å². The van der Waals surface area contributed by atoms with Crippen LogP contribution < -0.4 is 5.32 Å². The molecule has 2 aromatic rings. The summed E-state index contributed by atoms with van der Waals surface area (Å²) in [4.78, 5) is 0. The molecule has 0 fully saturated rings. The lowest BCUT2D eigenvalue weighted by atomic mass is 10.0. The Morgan fingerprint density at radius 1 is 1.38 bits per heavy atom. The zero-order valence-corrected chi connectivity index (χ0v) is 13.4. The van der Waals surface area contributed by atoms with Gasteiger partial charge in [-0.3, -0.25) is 4.68 Å². The second-order valence-electron chi connectivity index (χ2n) is 5.20. The quantitative estimate of drug-likeness (QED) is 0.888. The van der Waals surface area contributed by atoms with Gasteiger partial charge in [0.25, 0.3) is 0 Å². The molecule has 0 amide bonds. The van der Waals surface area contributed by atoms with Gasteiger partial charge in [0.15, 0.2) is 0 Å². The first kappa shape index (κ1) is 16.0. The third-order valence-electron chi connectivity index (χ3n) is 3.77. The zero-order valence-electron chi connectivity index (χ0n) is 12.7. The topological polar surface area (TPSA) is 29.9 Å². The van der Waals surface area contributed by atoms with E-state index in [-0.39, 0.29) is 11.9 Å². The molecule has 21 heavy (non-hydrogen) atoms. The highest BCUT2D eigenvalue weighted by Crippen LogP contribution is 2.21. The van der Waals surface area contributed by atoms with Gasteiger partial charge in [-0.05, 0) is 38.1 Å². The second kappa shape index (κ2) is 7.05. The van der Waals surface area contributed by atoms with Gasteiger partial charge >= 0.3 is 0 Å². The molecule has 0 saturated heterocycles. The van der Waals surface area contributed by atoms with Gasteiger partial charge in [0.05, 0.1) is 5.69 Å². The molecule has 5 heteroatoms. The molecule has 1 atom stereocenters. The smallest absolute Gasteiger partial charge is 0.127 e. The third-order valence-corrected chi connectivity index (χ3v) is 4.12. The fourth-order valence-electron chi connectivity index (χ4n) is 2.44. The van der Waals surface area contributed by atoms with Gasteiger partial charge in [-0.25, -0.2) is 4.39 Å². The number of rotatable bonds is 6. The van der Waals surface area contributed by atoms with E-state index >= 15 is 0 Å².